The van der Waals surface area contributed by atoms with Crippen molar-refractivity contribution in [1.82, 2.24) is 24.8 Å². The number of hydrogen-bond donors (Lipinski definition) is 0. The van der Waals surface area contributed by atoms with Crippen LogP contribution in [0.1, 0.15) is 30.5 Å². The summed E-state index contributed by atoms with van der Waals surface area (Å²) in [6, 6.07) is 11.1. The Bertz CT molecular complexity index is 1510. The van der Waals surface area contributed by atoms with E-state index in [1.54, 1.807) is 0 Å². The molecule has 5 heterocycles. The third-order valence-corrected chi connectivity index (χ3v) is 9.39. The first-order valence-corrected chi connectivity index (χ1v) is 15.4. The molecule has 2 aromatic heterocycles. The molecular formula is C31H36BrFN8O. The van der Waals surface area contributed by atoms with E-state index in [0.717, 1.165) is 64.1 Å². The lowest BCUT2D eigenvalue weighted by molar-refractivity contribution is 0.181. The lowest BCUT2D eigenvalue weighted by Crippen LogP contribution is -2.54. The zero-order chi connectivity index (χ0) is 29.2. The second-order valence-electron chi connectivity index (χ2n) is 11.4. The Morgan fingerprint density at radius 3 is 2.81 bits per heavy atom. The Morgan fingerprint density at radius 1 is 1.14 bits per heavy atom. The summed E-state index contributed by atoms with van der Waals surface area (Å²) >= 11 is 3.74. The number of aromatic nitrogens is 3. The Labute approximate surface area is 254 Å². The van der Waals surface area contributed by atoms with Crippen LogP contribution in [-0.4, -0.2) is 89.8 Å². The summed E-state index contributed by atoms with van der Waals surface area (Å²) in [6.45, 7) is 8.44. The number of nitrogens with zero attached hydrogens (tertiary/aromatic N) is 8. The van der Waals surface area contributed by atoms with Crippen LogP contribution >= 0.6 is 15.9 Å². The van der Waals surface area contributed by atoms with Crippen LogP contribution in [0.25, 0.3) is 10.8 Å². The Hall–Kier alpha value is -3.33. The van der Waals surface area contributed by atoms with Gasteiger partial charge in [0, 0.05) is 59.9 Å². The largest absolute Gasteiger partial charge is 0.462 e. The maximum Gasteiger partial charge on any atom is 0.318 e. The van der Waals surface area contributed by atoms with Crippen molar-refractivity contribution in [3.05, 3.63) is 58.6 Å². The number of nitriles is 1. The van der Waals surface area contributed by atoms with Crippen molar-refractivity contribution >= 4 is 38.3 Å². The smallest absolute Gasteiger partial charge is 0.318 e. The summed E-state index contributed by atoms with van der Waals surface area (Å²) < 4.78 is 21.0. The van der Waals surface area contributed by atoms with Gasteiger partial charge < -0.3 is 19.4 Å². The molecule has 0 aliphatic carbocycles. The van der Waals surface area contributed by atoms with Crippen LogP contribution in [0.15, 0.2) is 47.3 Å². The minimum absolute atomic E-state index is 0.115. The lowest BCUT2D eigenvalue weighted by Gasteiger charge is -2.42. The Balaban J connectivity index is 1.33. The molecule has 1 aromatic carbocycles. The minimum Gasteiger partial charge on any atom is -0.462 e. The first kappa shape index (κ1) is 28.8. The normalized spacial score (nSPS) is 21.4. The molecule has 2 saturated heterocycles. The highest BCUT2D eigenvalue weighted by Crippen LogP contribution is 2.36. The van der Waals surface area contributed by atoms with Gasteiger partial charge in [0.2, 0.25) is 0 Å². The van der Waals surface area contributed by atoms with E-state index in [9.17, 15) is 9.65 Å². The maximum absolute atomic E-state index is 13.8. The van der Waals surface area contributed by atoms with Gasteiger partial charge in [0.05, 0.1) is 31.3 Å². The fraction of sp³-hybridized carbons (Fsp3) is 0.484. The third kappa shape index (κ3) is 5.93. The molecule has 0 amide bonds. The average molecular weight is 636 g/mol. The average Bonchev–Trinajstić information content (AvgIpc) is 3.40. The Kier molecular flexibility index (Phi) is 8.56. The molecule has 11 heteroatoms. The van der Waals surface area contributed by atoms with Crippen LogP contribution in [-0.2, 0) is 13.0 Å². The van der Waals surface area contributed by atoms with E-state index in [-0.39, 0.29) is 18.4 Å². The van der Waals surface area contributed by atoms with Crippen molar-refractivity contribution in [2.24, 2.45) is 0 Å². The molecule has 42 heavy (non-hydrogen) atoms. The molecule has 2 fully saturated rings. The van der Waals surface area contributed by atoms with Crippen molar-refractivity contribution in [1.29, 1.82) is 5.26 Å². The van der Waals surface area contributed by atoms with E-state index in [2.05, 4.69) is 56.4 Å². The van der Waals surface area contributed by atoms with Gasteiger partial charge in [-0.1, -0.05) is 34.6 Å². The first-order valence-electron chi connectivity index (χ1n) is 14.6. The fourth-order valence-corrected chi connectivity index (χ4v) is 7.04. The molecular weight excluding hydrogens is 599 g/mol. The zero-order valence-corrected chi connectivity index (χ0v) is 25.6. The van der Waals surface area contributed by atoms with Gasteiger partial charge in [-0.2, -0.15) is 15.2 Å². The van der Waals surface area contributed by atoms with Crippen LogP contribution in [0.3, 0.4) is 0 Å². The molecule has 0 radical (unpaired) electrons. The molecule has 0 bridgehead atoms. The summed E-state index contributed by atoms with van der Waals surface area (Å²) in [6.07, 6.45) is 5.19. The number of likely N-dealkylation sites (tertiary alicyclic amines) is 1. The van der Waals surface area contributed by atoms with Crippen LogP contribution in [0, 0.1) is 11.3 Å². The van der Waals surface area contributed by atoms with E-state index in [1.807, 2.05) is 29.3 Å². The molecule has 2 atom stereocenters. The highest BCUT2D eigenvalue weighted by molar-refractivity contribution is 9.10. The minimum atomic E-state index is -0.382. The molecule has 0 saturated carbocycles. The molecule has 3 aliphatic heterocycles. The molecule has 3 aliphatic rings. The van der Waals surface area contributed by atoms with Crippen molar-refractivity contribution in [2.75, 3.05) is 62.7 Å². The predicted octanol–water partition coefficient (Wildman–Crippen LogP) is 4.71. The van der Waals surface area contributed by atoms with Gasteiger partial charge in [0.25, 0.3) is 0 Å². The van der Waals surface area contributed by atoms with E-state index in [4.69, 9.17) is 19.7 Å². The van der Waals surface area contributed by atoms with Gasteiger partial charge >= 0.3 is 6.01 Å². The lowest BCUT2D eigenvalue weighted by atomic mass is 10.0. The van der Waals surface area contributed by atoms with Crippen molar-refractivity contribution < 1.29 is 9.13 Å². The van der Waals surface area contributed by atoms with Crippen LogP contribution in [0.5, 0.6) is 6.01 Å². The highest BCUT2D eigenvalue weighted by Gasteiger charge is 2.33. The Morgan fingerprint density at radius 2 is 2.02 bits per heavy atom. The topological polar surface area (TPSA) is 84.7 Å². The molecule has 3 aromatic rings. The van der Waals surface area contributed by atoms with Crippen LogP contribution in [0.2, 0.25) is 0 Å². The highest BCUT2D eigenvalue weighted by atomic mass is 79.9. The van der Waals surface area contributed by atoms with Crippen molar-refractivity contribution in [3.8, 4) is 12.1 Å². The van der Waals surface area contributed by atoms with Crippen molar-refractivity contribution in [2.45, 2.75) is 44.3 Å². The third-order valence-electron chi connectivity index (χ3n) is 8.72. The number of ether oxygens (including phenoxy) is 1. The zero-order valence-electron chi connectivity index (χ0n) is 24.0. The van der Waals surface area contributed by atoms with Gasteiger partial charge in [-0.15, -0.1) is 0 Å². The van der Waals surface area contributed by atoms with Gasteiger partial charge in [-0.3, -0.25) is 4.90 Å². The maximum atomic E-state index is 13.8. The standard InChI is InChI=1S/C31H36BrFN8O/c1-21(33)17-39-15-16-41(18-23(39)8-11-34)29-25-10-14-40(30-28-22(9-12-35-30)5-3-7-26(28)32)19-27(25)36-31(37-29)42-20-24-6-4-13-38(24)2/h3,5,7,9,12,23-24H,1,4,6,8,10,13-20H2,2H3/t23-,24-/m0/s1. The molecule has 9 nitrogen and oxygen atoms in total. The van der Waals surface area contributed by atoms with Crippen LogP contribution in [0.4, 0.5) is 16.0 Å². The second-order valence-corrected chi connectivity index (χ2v) is 12.3. The van der Waals surface area contributed by atoms with Gasteiger partial charge in [-0.25, -0.2) is 9.37 Å². The number of piperazine rings is 1. The fourth-order valence-electron chi connectivity index (χ4n) is 6.48. The number of benzene rings is 1. The van der Waals surface area contributed by atoms with E-state index in [1.165, 1.54) is 6.42 Å². The number of pyridine rings is 1. The van der Waals surface area contributed by atoms with Gasteiger partial charge in [0.1, 0.15) is 24.1 Å². The molecule has 0 N–H and O–H groups in total. The summed E-state index contributed by atoms with van der Waals surface area (Å²) in [5, 5.41) is 11.7. The molecule has 6 rings (SSSR count). The number of halogens is 2. The number of fused-ring (bicyclic) bond motifs is 2. The molecule has 0 spiro atoms. The summed E-state index contributed by atoms with van der Waals surface area (Å²) in [5.41, 5.74) is 2.04. The number of hydrogen-bond acceptors (Lipinski definition) is 9. The van der Waals surface area contributed by atoms with Gasteiger partial charge in [0.15, 0.2) is 0 Å². The number of rotatable bonds is 8. The predicted molar refractivity (Wildman–Crippen MR) is 165 cm³/mol. The summed E-state index contributed by atoms with van der Waals surface area (Å²) in [5.74, 6) is 1.41. The SMILES string of the molecule is C=C(F)CN1CCN(c2nc(OC[C@@H]3CCCN3C)nc3c2CCN(c2nccc4cccc(Br)c24)C3)C[C@@H]1CC#N. The summed E-state index contributed by atoms with van der Waals surface area (Å²) in [4.78, 5) is 23.6. The monoisotopic (exact) mass is 634 g/mol. The molecule has 220 valence electrons. The summed E-state index contributed by atoms with van der Waals surface area (Å²) in [7, 11) is 2.13. The van der Waals surface area contributed by atoms with E-state index < -0.39 is 0 Å². The van der Waals surface area contributed by atoms with E-state index >= 15 is 0 Å². The molecule has 0 unspecified atom stereocenters. The number of anilines is 2. The first-order chi connectivity index (χ1) is 20.4. The number of likely N-dealkylation sites (N-methyl/N-ethyl adjacent to an activating group) is 1. The van der Waals surface area contributed by atoms with Crippen molar-refractivity contribution in [3.63, 3.8) is 0 Å². The second kappa shape index (κ2) is 12.5. The van der Waals surface area contributed by atoms with Crippen LogP contribution < -0.4 is 14.5 Å². The van der Waals surface area contributed by atoms with E-state index in [0.29, 0.717) is 51.3 Å². The van der Waals surface area contributed by atoms with Gasteiger partial charge in [-0.05, 0) is 50.4 Å². The quantitative estimate of drug-likeness (QED) is 0.350.